The molecule has 0 spiro atoms. The van der Waals surface area contributed by atoms with Crippen LogP contribution in [0.5, 0.6) is 0 Å². The minimum Gasteiger partial charge on any atom is -0.477 e. The maximum absolute atomic E-state index is 13.1. The SMILES string of the molecule is CCCCON=C(C(=O)N[C@@H]1C(=O)N2C(C(=O)O)=C(COC(C)=O)CS[C@H]12)c1nc(N)sc1Br. The third-order valence-corrected chi connectivity index (χ3v) is 7.65. The monoisotopic (exact) mass is 575 g/mol. The quantitative estimate of drug-likeness (QED) is 0.121. The molecule has 1 saturated heterocycles. The van der Waals surface area contributed by atoms with E-state index in [0.29, 0.717) is 9.36 Å². The van der Waals surface area contributed by atoms with Crippen LogP contribution < -0.4 is 11.1 Å². The van der Waals surface area contributed by atoms with E-state index in [4.69, 9.17) is 15.3 Å². The van der Waals surface area contributed by atoms with Crippen LogP contribution in [0.1, 0.15) is 32.4 Å². The number of carbonyl (C=O) groups is 4. The van der Waals surface area contributed by atoms with Crippen molar-refractivity contribution in [2.75, 3.05) is 24.7 Å². The second-order valence-electron chi connectivity index (χ2n) is 7.20. The van der Waals surface area contributed by atoms with Crippen LogP contribution in [0.3, 0.4) is 0 Å². The topological polar surface area (TPSA) is 174 Å². The number of ether oxygens (including phenoxy) is 1. The number of aliphatic carboxylic acids is 1. The lowest BCUT2D eigenvalue weighted by Crippen LogP contribution is -2.71. The first-order valence-corrected chi connectivity index (χ1v) is 12.8. The van der Waals surface area contributed by atoms with Crippen LogP contribution >= 0.6 is 39.0 Å². The zero-order valence-electron chi connectivity index (χ0n) is 18.2. The molecule has 1 aromatic rings. The third kappa shape index (κ3) is 5.52. The number of hydrogen-bond acceptors (Lipinski definition) is 11. The Hall–Kier alpha value is -2.65. The van der Waals surface area contributed by atoms with E-state index in [1.54, 1.807) is 0 Å². The largest absolute Gasteiger partial charge is 0.477 e. The summed E-state index contributed by atoms with van der Waals surface area (Å²) in [5.74, 6) is -2.99. The van der Waals surface area contributed by atoms with Crippen molar-refractivity contribution < 1.29 is 33.9 Å². The number of carboxylic acid groups (broad SMARTS) is 1. The lowest BCUT2D eigenvalue weighted by Gasteiger charge is -2.49. The van der Waals surface area contributed by atoms with Gasteiger partial charge < -0.3 is 25.7 Å². The summed E-state index contributed by atoms with van der Waals surface area (Å²) in [6.07, 6.45) is 1.60. The van der Waals surface area contributed by atoms with Crippen LogP contribution in [0.4, 0.5) is 5.13 Å². The number of nitrogens with two attached hydrogens (primary N) is 1. The van der Waals surface area contributed by atoms with Crippen molar-refractivity contribution in [2.24, 2.45) is 5.16 Å². The number of nitrogen functional groups attached to an aromatic ring is 1. The first-order chi connectivity index (χ1) is 16.1. The number of aromatic nitrogens is 1. The number of rotatable bonds is 10. The first-order valence-electron chi connectivity index (χ1n) is 10.1. The van der Waals surface area contributed by atoms with E-state index in [0.717, 1.165) is 29.1 Å². The van der Waals surface area contributed by atoms with Crippen molar-refractivity contribution in [1.82, 2.24) is 15.2 Å². The summed E-state index contributed by atoms with van der Waals surface area (Å²) in [7, 11) is 0. The number of halogens is 1. The van der Waals surface area contributed by atoms with E-state index in [-0.39, 0.29) is 41.2 Å². The van der Waals surface area contributed by atoms with E-state index in [1.807, 2.05) is 6.92 Å². The van der Waals surface area contributed by atoms with Crippen molar-refractivity contribution in [3.8, 4) is 0 Å². The molecule has 0 radical (unpaired) electrons. The van der Waals surface area contributed by atoms with Crippen molar-refractivity contribution >= 4 is 73.6 Å². The summed E-state index contributed by atoms with van der Waals surface area (Å²) in [6, 6.07) is -0.988. The van der Waals surface area contributed by atoms with Gasteiger partial charge in [-0.2, -0.15) is 0 Å². The zero-order valence-corrected chi connectivity index (χ0v) is 21.4. The van der Waals surface area contributed by atoms with Gasteiger partial charge in [-0.1, -0.05) is 29.8 Å². The Bertz CT molecular complexity index is 1070. The average Bonchev–Trinajstić information content (AvgIpc) is 3.12. The van der Waals surface area contributed by atoms with Crippen molar-refractivity contribution in [1.29, 1.82) is 0 Å². The minimum absolute atomic E-state index is 0.160. The van der Waals surface area contributed by atoms with Gasteiger partial charge in [0.15, 0.2) is 10.8 Å². The molecule has 1 fully saturated rings. The molecule has 1 aromatic heterocycles. The van der Waals surface area contributed by atoms with Gasteiger partial charge in [0.05, 0.1) is 0 Å². The fourth-order valence-corrected chi connectivity index (χ4v) is 5.83. The Labute approximate surface area is 211 Å². The lowest BCUT2D eigenvalue weighted by molar-refractivity contribution is -0.150. The fraction of sp³-hybridized carbons (Fsp3) is 0.474. The molecule has 12 nitrogen and oxygen atoms in total. The van der Waals surface area contributed by atoms with Gasteiger partial charge in [0.1, 0.15) is 39.8 Å². The number of β-lactam (4-membered cyclic amide) rings is 1. The van der Waals surface area contributed by atoms with Crippen molar-refractivity contribution in [3.05, 3.63) is 20.8 Å². The molecule has 34 heavy (non-hydrogen) atoms. The number of nitrogens with one attached hydrogen (secondary N) is 1. The van der Waals surface area contributed by atoms with Gasteiger partial charge in [0.25, 0.3) is 11.8 Å². The number of oxime groups is 1. The number of amides is 2. The van der Waals surface area contributed by atoms with Gasteiger partial charge in [0.2, 0.25) is 0 Å². The Balaban J connectivity index is 1.79. The Morgan fingerprint density at radius 1 is 1.41 bits per heavy atom. The molecule has 0 aromatic carbocycles. The first kappa shape index (κ1) is 26.0. The van der Waals surface area contributed by atoms with Crippen LogP contribution in [-0.4, -0.2) is 74.8 Å². The van der Waals surface area contributed by atoms with Crippen LogP contribution in [0.2, 0.25) is 0 Å². The number of carboxylic acids is 1. The summed E-state index contributed by atoms with van der Waals surface area (Å²) in [5.41, 5.74) is 5.81. The summed E-state index contributed by atoms with van der Waals surface area (Å²) in [5, 5.41) is 15.7. The number of unbranched alkanes of at least 4 members (excludes halogenated alkanes) is 1. The van der Waals surface area contributed by atoms with E-state index in [1.165, 1.54) is 18.7 Å². The van der Waals surface area contributed by atoms with Gasteiger partial charge in [-0.15, -0.1) is 11.8 Å². The molecule has 0 unspecified atom stereocenters. The van der Waals surface area contributed by atoms with Gasteiger partial charge in [-0.25, -0.2) is 9.78 Å². The number of thiazole rings is 1. The molecule has 4 N–H and O–H groups in total. The molecule has 2 atom stereocenters. The van der Waals surface area contributed by atoms with Crippen LogP contribution in [-0.2, 0) is 28.8 Å². The molecule has 3 heterocycles. The second kappa shape index (κ2) is 11.2. The molecule has 2 aliphatic heterocycles. The molecule has 15 heteroatoms. The third-order valence-electron chi connectivity index (χ3n) is 4.77. The highest BCUT2D eigenvalue weighted by molar-refractivity contribution is 9.11. The van der Waals surface area contributed by atoms with E-state index in [2.05, 4.69) is 31.4 Å². The fourth-order valence-electron chi connectivity index (χ4n) is 3.17. The summed E-state index contributed by atoms with van der Waals surface area (Å²) < 4.78 is 5.38. The van der Waals surface area contributed by atoms with Crippen molar-refractivity contribution in [2.45, 2.75) is 38.1 Å². The predicted molar refractivity (Wildman–Crippen MR) is 128 cm³/mol. The number of carbonyl (C=O) groups excluding carboxylic acids is 3. The number of fused-ring (bicyclic) bond motifs is 1. The molecule has 2 amide bonds. The van der Waals surface area contributed by atoms with Crippen molar-refractivity contribution in [3.63, 3.8) is 0 Å². The molecule has 2 aliphatic rings. The molecule has 3 rings (SSSR count). The smallest absolute Gasteiger partial charge is 0.352 e. The van der Waals surface area contributed by atoms with Gasteiger partial charge in [-0.05, 0) is 22.4 Å². The summed E-state index contributed by atoms with van der Waals surface area (Å²) in [4.78, 5) is 59.3. The molecule has 184 valence electrons. The van der Waals surface area contributed by atoms with E-state index >= 15 is 0 Å². The lowest BCUT2D eigenvalue weighted by atomic mass is 10.0. The summed E-state index contributed by atoms with van der Waals surface area (Å²) >= 11 is 5.66. The maximum Gasteiger partial charge on any atom is 0.352 e. The van der Waals surface area contributed by atoms with Crippen LogP contribution in [0.15, 0.2) is 20.2 Å². The highest BCUT2D eigenvalue weighted by Crippen LogP contribution is 2.40. The normalized spacial score (nSPS) is 19.9. The molecular weight excluding hydrogens is 554 g/mol. The number of nitrogens with zero attached hydrogens (tertiary/aromatic N) is 3. The zero-order chi connectivity index (χ0) is 25.0. The number of thioether (sulfide) groups is 1. The van der Waals surface area contributed by atoms with Crippen LogP contribution in [0.25, 0.3) is 0 Å². The van der Waals surface area contributed by atoms with E-state index in [9.17, 15) is 24.3 Å². The van der Waals surface area contributed by atoms with Gasteiger partial charge in [0, 0.05) is 18.2 Å². The highest BCUT2D eigenvalue weighted by Gasteiger charge is 2.54. The number of esters is 1. The maximum atomic E-state index is 13.1. The van der Waals surface area contributed by atoms with Gasteiger partial charge in [-0.3, -0.25) is 19.3 Å². The van der Waals surface area contributed by atoms with Crippen LogP contribution in [0, 0.1) is 0 Å². The summed E-state index contributed by atoms with van der Waals surface area (Å²) in [6.45, 7) is 3.24. The predicted octanol–water partition coefficient (Wildman–Crippen LogP) is 1.31. The molecule has 0 saturated carbocycles. The molecule has 0 aliphatic carbocycles. The highest BCUT2D eigenvalue weighted by atomic mass is 79.9. The average molecular weight is 576 g/mol. The number of anilines is 1. The molecule has 0 bridgehead atoms. The Morgan fingerprint density at radius 2 is 2.15 bits per heavy atom. The second-order valence-corrected chi connectivity index (χ2v) is 10.7. The number of hydrogen-bond donors (Lipinski definition) is 3. The minimum atomic E-state index is -1.32. The standard InChI is InChI=1S/C19H22BrN5O7S2/c1-3-4-5-32-24-11(10-14(20)34-19(21)23-10)15(27)22-12-16(28)25-13(18(29)30)9(6-31-8(2)26)7-33-17(12)25/h12,17H,3-7H2,1-2H3,(H2,21,23)(H,22,27)(H,29,30)/t12-,17-/m1/s1. The van der Waals surface area contributed by atoms with Gasteiger partial charge >= 0.3 is 11.9 Å². The van der Waals surface area contributed by atoms with E-state index < -0.39 is 35.2 Å². The Morgan fingerprint density at radius 3 is 2.74 bits per heavy atom. The Kier molecular flexibility index (Phi) is 8.54. The molecular formula is C19H22BrN5O7S2.